The van der Waals surface area contributed by atoms with Crippen LogP contribution in [-0.2, 0) is 0 Å². The summed E-state index contributed by atoms with van der Waals surface area (Å²) >= 11 is 0. The molecule has 0 atom stereocenters. The van der Waals surface area contributed by atoms with Crippen molar-refractivity contribution in [3.8, 4) is 6.07 Å². The Morgan fingerprint density at radius 3 is 2.88 bits per heavy atom. The number of nitrogens with zero attached hydrogens (tertiary/aromatic N) is 3. The summed E-state index contributed by atoms with van der Waals surface area (Å²) in [6, 6.07) is 8.06. The largest absolute Gasteiger partial charge is 0.370 e. The smallest absolute Gasteiger partial charge is 0.130 e. The first-order chi connectivity index (χ1) is 7.81. The van der Waals surface area contributed by atoms with Crippen LogP contribution in [0.25, 0.3) is 0 Å². The van der Waals surface area contributed by atoms with Crippen LogP contribution >= 0.6 is 0 Å². The van der Waals surface area contributed by atoms with Gasteiger partial charge in [0.05, 0.1) is 12.5 Å². The van der Waals surface area contributed by atoms with Gasteiger partial charge in [-0.05, 0) is 26.0 Å². The van der Waals surface area contributed by atoms with Crippen LogP contribution in [0.15, 0.2) is 18.2 Å². The average Bonchev–Trinajstić information content (AvgIpc) is 2.31. The molecule has 1 N–H and O–H groups in total. The van der Waals surface area contributed by atoms with Gasteiger partial charge in [-0.1, -0.05) is 6.07 Å². The average molecular weight is 218 g/mol. The quantitative estimate of drug-likeness (QED) is 0.795. The Labute approximate surface area is 96.9 Å². The summed E-state index contributed by atoms with van der Waals surface area (Å²) in [7, 11) is 0. The number of nitrogens with one attached hydrogen (secondary N) is 1. The van der Waals surface area contributed by atoms with Gasteiger partial charge < -0.3 is 10.2 Å². The van der Waals surface area contributed by atoms with E-state index in [0.717, 1.165) is 31.3 Å². The molecule has 4 heteroatoms. The van der Waals surface area contributed by atoms with Gasteiger partial charge in [-0.15, -0.1) is 0 Å². The summed E-state index contributed by atoms with van der Waals surface area (Å²) in [6.07, 6.45) is 0.529. The van der Waals surface area contributed by atoms with E-state index < -0.39 is 0 Å². The fourth-order valence-corrected chi connectivity index (χ4v) is 1.50. The Morgan fingerprint density at radius 1 is 1.44 bits per heavy atom. The fourth-order valence-electron chi connectivity index (χ4n) is 1.50. The molecule has 0 aliphatic heterocycles. The van der Waals surface area contributed by atoms with Gasteiger partial charge in [-0.2, -0.15) is 5.26 Å². The maximum Gasteiger partial charge on any atom is 0.130 e. The highest BCUT2D eigenvalue weighted by Gasteiger charge is 2.05. The molecule has 0 saturated heterocycles. The van der Waals surface area contributed by atoms with Crippen LogP contribution in [-0.4, -0.2) is 24.6 Å². The third-order valence-corrected chi connectivity index (χ3v) is 2.29. The highest BCUT2D eigenvalue weighted by atomic mass is 15.2. The third-order valence-electron chi connectivity index (χ3n) is 2.29. The molecule has 0 aliphatic rings. The van der Waals surface area contributed by atoms with Gasteiger partial charge in [-0.3, -0.25) is 0 Å². The summed E-state index contributed by atoms with van der Waals surface area (Å²) in [5, 5.41) is 11.8. The molecule has 0 aliphatic carbocycles. The number of anilines is 2. The molecule has 16 heavy (non-hydrogen) atoms. The summed E-state index contributed by atoms with van der Waals surface area (Å²) in [4.78, 5) is 6.59. The van der Waals surface area contributed by atoms with Crippen LogP contribution in [0.5, 0.6) is 0 Å². The van der Waals surface area contributed by atoms with Crippen molar-refractivity contribution in [1.29, 1.82) is 5.26 Å². The molecule has 0 amide bonds. The molecule has 1 rings (SSSR count). The van der Waals surface area contributed by atoms with Crippen molar-refractivity contribution in [3.05, 3.63) is 18.2 Å². The van der Waals surface area contributed by atoms with Gasteiger partial charge in [0.2, 0.25) is 0 Å². The molecule has 0 fully saturated rings. The Hall–Kier alpha value is -1.76. The molecule has 4 nitrogen and oxygen atoms in total. The predicted octanol–water partition coefficient (Wildman–Crippen LogP) is 2.25. The zero-order valence-electron chi connectivity index (χ0n) is 9.90. The van der Waals surface area contributed by atoms with Crippen LogP contribution in [0.3, 0.4) is 0 Å². The highest BCUT2D eigenvalue weighted by Crippen LogP contribution is 2.14. The van der Waals surface area contributed by atoms with Crippen LogP contribution in [0.1, 0.15) is 20.3 Å². The van der Waals surface area contributed by atoms with E-state index in [-0.39, 0.29) is 0 Å². The van der Waals surface area contributed by atoms with Crippen LogP contribution in [0, 0.1) is 11.3 Å². The van der Waals surface area contributed by atoms with Crippen molar-refractivity contribution in [1.82, 2.24) is 4.98 Å². The van der Waals surface area contributed by atoms with Crippen molar-refractivity contribution < 1.29 is 0 Å². The number of aromatic nitrogens is 1. The van der Waals surface area contributed by atoms with E-state index in [4.69, 9.17) is 5.26 Å². The van der Waals surface area contributed by atoms with Crippen molar-refractivity contribution >= 4 is 11.6 Å². The molecule has 0 aromatic carbocycles. The van der Waals surface area contributed by atoms with E-state index in [2.05, 4.69) is 28.2 Å². The summed E-state index contributed by atoms with van der Waals surface area (Å²) in [6.45, 7) is 6.57. The molecular formula is C12H18N4. The van der Waals surface area contributed by atoms with E-state index in [1.54, 1.807) is 0 Å². The molecular weight excluding hydrogens is 200 g/mol. The normalized spacial score (nSPS) is 9.56. The van der Waals surface area contributed by atoms with E-state index in [0.29, 0.717) is 6.42 Å². The van der Waals surface area contributed by atoms with Gasteiger partial charge in [0.25, 0.3) is 0 Å². The number of nitriles is 1. The van der Waals surface area contributed by atoms with Crippen LogP contribution in [0.4, 0.5) is 11.6 Å². The van der Waals surface area contributed by atoms with E-state index in [1.807, 2.05) is 25.1 Å². The van der Waals surface area contributed by atoms with E-state index in [1.165, 1.54) is 0 Å². The lowest BCUT2D eigenvalue weighted by Crippen LogP contribution is -2.24. The molecule has 1 heterocycles. The summed E-state index contributed by atoms with van der Waals surface area (Å²) in [5.74, 6) is 1.81. The molecule has 0 spiro atoms. The fraction of sp³-hybridized carbons (Fsp3) is 0.500. The Morgan fingerprint density at radius 2 is 2.25 bits per heavy atom. The highest BCUT2D eigenvalue weighted by molar-refractivity contribution is 5.46. The lowest BCUT2D eigenvalue weighted by Gasteiger charge is -2.21. The predicted molar refractivity (Wildman–Crippen MR) is 66.5 cm³/mol. The first-order valence-corrected chi connectivity index (χ1v) is 5.64. The molecule has 86 valence electrons. The van der Waals surface area contributed by atoms with Crippen molar-refractivity contribution in [3.63, 3.8) is 0 Å². The second-order valence-corrected chi connectivity index (χ2v) is 3.40. The first-order valence-electron chi connectivity index (χ1n) is 5.64. The number of hydrogen-bond acceptors (Lipinski definition) is 4. The molecule has 1 aromatic heterocycles. The molecule has 0 unspecified atom stereocenters. The second kappa shape index (κ2) is 6.67. The maximum absolute atomic E-state index is 8.59. The van der Waals surface area contributed by atoms with Gasteiger partial charge in [0, 0.05) is 19.6 Å². The number of rotatable bonds is 6. The summed E-state index contributed by atoms with van der Waals surface area (Å²) < 4.78 is 0. The van der Waals surface area contributed by atoms with Crippen molar-refractivity contribution in [2.24, 2.45) is 0 Å². The minimum Gasteiger partial charge on any atom is -0.370 e. The first kappa shape index (κ1) is 12.3. The van der Waals surface area contributed by atoms with E-state index in [9.17, 15) is 0 Å². The zero-order chi connectivity index (χ0) is 11.8. The van der Waals surface area contributed by atoms with E-state index >= 15 is 0 Å². The Kier molecular flexibility index (Phi) is 5.13. The van der Waals surface area contributed by atoms with Crippen LogP contribution in [0.2, 0.25) is 0 Å². The topological polar surface area (TPSA) is 52.0 Å². The SMILES string of the molecule is CCNc1cccc(N(CC)CCC#N)n1. The van der Waals surface area contributed by atoms with Gasteiger partial charge in [-0.25, -0.2) is 4.98 Å². The third kappa shape index (κ3) is 3.43. The number of hydrogen-bond donors (Lipinski definition) is 1. The monoisotopic (exact) mass is 218 g/mol. The molecule has 0 saturated carbocycles. The molecule has 0 bridgehead atoms. The second-order valence-electron chi connectivity index (χ2n) is 3.40. The van der Waals surface area contributed by atoms with Gasteiger partial charge >= 0.3 is 0 Å². The minimum absolute atomic E-state index is 0.529. The molecule has 0 radical (unpaired) electrons. The summed E-state index contributed by atoms with van der Waals surface area (Å²) in [5.41, 5.74) is 0. The standard InChI is InChI=1S/C12H18N4/c1-3-14-11-7-5-8-12(15-11)16(4-2)10-6-9-13/h5,7-8H,3-4,6,10H2,1-2H3,(H,14,15). The zero-order valence-corrected chi connectivity index (χ0v) is 9.90. The Balaban J connectivity index is 2.75. The van der Waals surface area contributed by atoms with Crippen LogP contribution < -0.4 is 10.2 Å². The van der Waals surface area contributed by atoms with Crippen molar-refractivity contribution in [2.45, 2.75) is 20.3 Å². The lowest BCUT2D eigenvalue weighted by molar-refractivity contribution is 0.811. The maximum atomic E-state index is 8.59. The Bertz CT molecular complexity index is 356. The number of pyridine rings is 1. The lowest BCUT2D eigenvalue weighted by atomic mass is 10.3. The van der Waals surface area contributed by atoms with Gasteiger partial charge in [0.1, 0.15) is 11.6 Å². The molecule has 1 aromatic rings. The van der Waals surface area contributed by atoms with Crippen molar-refractivity contribution in [2.75, 3.05) is 29.9 Å². The van der Waals surface area contributed by atoms with Gasteiger partial charge in [0.15, 0.2) is 0 Å². The minimum atomic E-state index is 0.529.